The van der Waals surface area contributed by atoms with Crippen LogP contribution in [0.5, 0.6) is 5.75 Å². The molecule has 2 amide bonds. The van der Waals surface area contributed by atoms with Crippen molar-refractivity contribution in [2.45, 2.75) is 30.6 Å². The van der Waals surface area contributed by atoms with Crippen molar-refractivity contribution in [1.29, 1.82) is 0 Å². The number of Topliss-reactive ketones (excluding diaryl/α,β-unsaturated/α-hetero) is 4. The van der Waals surface area contributed by atoms with Crippen molar-refractivity contribution >= 4 is 58.4 Å². The first-order valence-corrected chi connectivity index (χ1v) is 14.1. The van der Waals surface area contributed by atoms with E-state index in [9.17, 15) is 48.9 Å². The predicted octanol–water partition coefficient (Wildman–Crippen LogP) is 1.01. The van der Waals surface area contributed by atoms with Crippen LogP contribution in [-0.4, -0.2) is 93.2 Å². The van der Waals surface area contributed by atoms with Crippen molar-refractivity contribution in [2.75, 3.05) is 19.4 Å². The van der Waals surface area contributed by atoms with E-state index in [4.69, 9.17) is 22.1 Å². The summed E-state index contributed by atoms with van der Waals surface area (Å²) in [5.41, 5.74) is 1.57. The first-order chi connectivity index (χ1) is 21.0. The number of ketones is 4. The lowest BCUT2D eigenvalue weighted by molar-refractivity contribution is -0.196. The molecule has 0 aromatic heterocycles. The lowest BCUT2D eigenvalue weighted by Gasteiger charge is -2.56. The molecule has 14 nitrogen and oxygen atoms in total. The van der Waals surface area contributed by atoms with Crippen LogP contribution >= 0.6 is 11.6 Å². The number of likely N-dealkylation sites (N-methyl/N-ethyl adjacent to an activating group) is 1. The molecule has 3 aliphatic carbocycles. The van der Waals surface area contributed by atoms with Crippen LogP contribution < -0.4 is 11.1 Å². The molecule has 2 saturated carbocycles. The molecular formula is C30H28ClN3O11. The first kappa shape index (κ1) is 31.8. The monoisotopic (exact) mass is 641 g/mol. The number of primary amides is 1. The third-order valence-corrected chi connectivity index (χ3v) is 9.25. The van der Waals surface area contributed by atoms with E-state index in [-0.39, 0.29) is 21.8 Å². The molecule has 0 radical (unpaired) electrons. The molecule has 0 saturated heterocycles. The Morgan fingerprint density at radius 1 is 1.07 bits per heavy atom. The van der Waals surface area contributed by atoms with Gasteiger partial charge in [0.15, 0.2) is 34.7 Å². The number of nitrogens with one attached hydrogen (secondary N) is 1. The number of anilines is 1. The molecular weight excluding hydrogens is 614 g/mol. The van der Waals surface area contributed by atoms with Crippen LogP contribution in [0.1, 0.15) is 39.1 Å². The fourth-order valence-electron chi connectivity index (χ4n) is 7.13. The number of hydrogen-bond donors (Lipinski definition) is 5. The fraction of sp³-hybridized carbons (Fsp3) is 0.367. The average Bonchev–Trinajstić information content (AvgIpc) is 2.95. The van der Waals surface area contributed by atoms with Crippen molar-refractivity contribution in [2.24, 2.45) is 29.4 Å². The number of benzene rings is 2. The van der Waals surface area contributed by atoms with Gasteiger partial charge in [0.25, 0.3) is 0 Å². The number of rotatable bonds is 5. The highest BCUT2D eigenvalue weighted by Crippen LogP contribution is 2.55. The SMILES string of the molecule is C[C@@H]1c2cccc(O)c2C(=O)C2C(=O)[C@@]3(O)C(=O)C(C(N)=O)C(=O)[C@H](N(C)C)[C@H]3[C@H](OC(=O)Nc3ccc(Cl)cc3C(=O)O)[C@H]21. The number of hydrogen-bond acceptors (Lipinski definition) is 11. The lowest BCUT2D eigenvalue weighted by atomic mass is 9.49. The zero-order chi connectivity index (χ0) is 33.3. The van der Waals surface area contributed by atoms with Crippen molar-refractivity contribution in [3.63, 3.8) is 0 Å². The number of nitrogens with two attached hydrogens (primary N) is 1. The van der Waals surface area contributed by atoms with Crippen LogP contribution in [0.3, 0.4) is 0 Å². The summed E-state index contributed by atoms with van der Waals surface area (Å²) in [4.78, 5) is 94.4. The van der Waals surface area contributed by atoms with Crippen LogP contribution in [-0.2, 0) is 23.9 Å². The second-order valence-electron chi connectivity index (χ2n) is 11.6. The van der Waals surface area contributed by atoms with Crippen molar-refractivity contribution in [1.82, 2.24) is 4.90 Å². The minimum absolute atomic E-state index is 0.0542. The number of ether oxygens (including phenoxy) is 1. The van der Waals surface area contributed by atoms with Gasteiger partial charge in [-0.3, -0.25) is 34.2 Å². The highest BCUT2D eigenvalue weighted by molar-refractivity contribution is 6.33. The summed E-state index contributed by atoms with van der Waals surface area (Å²) in [6, 6.07) is 6.17. The molecule has 0 bridgehead atoms. The van der Waals surface area contributed by atoms with Crippen LogP contribution in [0.25, 0.3) is 0 Å². The maximum absolute atomic E-state index is 14.2. The van der Waals surface area contributed by atoms with E-state index in [0.717, 1.165) is 6.07 Å². The summed E-state index contributed by atoms with van der Waals surface area (Å²) in [5.74, 6) is -16.3. The van der Waals surface area contributed by atoms with Crippen molar-refractivity contribution < 1.29 is 53.6 Å². The number of amides is 2. The predicted molar refractivity (Wildman–Crippen MR) is 154 cm³/mol. The third kappa shape index (κ3) is 4.67. The quantitative estimate of drug-likeness (QED) is 0.288. The van der Waals surface area contributed by atoms with Crippen LogP contribution in [0.4, 0.5) is 10.5 Å². The summed E-state index contributed by atoms with van der Waals surface area (Å²) in [6.07, 6.45) is -3.04. The number of aliphatic hydroxyl groups is 1. The largest absolute Gasteiger partial charge is 0.507 e. The van der Waals surface area contributed by atoms with E-state index < -0.39 is 99.8 Å². The number of aromatic hydroxyl groups is 1. The first-order valence-electron chi connectivity index (χ1n) is 13.7. The summed E-state index contributed by atoms with van der Waals surface area (Å²) in [6.45, 7) is 1.58. The second-order valence-corrected chi connectivity index (χ2v) is 12.0. The summed E-state index contributed by atoms with van der Waals surface area (Å²) < 4.78 is 5.80. The molecule has 236 valence electrons. The van der Waals surface area contributed by atoms with Crippen molar-refractivity contribution in [3.8, 4) is 5.75 Å². The van der Waals surface area contributed by atoms with E-state index in [1.54, 1.807) is 6.92 Å². The number of nitrogens with zero attached hydrogens (tertiary/aromatic N) is 1. The third-order valence-electron chi connectivity index (χ3n) is 9.02. The van der Waals surface area contributed by atoms with E-state index in [2.05, 4.69) is 5.32 Å². The molecule has 8 atom stereocenters. The van der Waals surface area contributed by atoms with Gasteiger partial charge in [-0.2, -0.15) is 0 Å². The molecule has 2 unspecified atom stereocenters. The zero-order valence-electron chi connectivity index (χ0n) is 24.0. The van der Waals surface area contributed by atoms with Gasteiger partial charge in [-0.1, -0.05) is 30.7 Å². The minimum atomic E-state index is -3.21. The number of phenols is 1. The summed E-state index contributed by atoms with van der Waals surface area (Å²) in [7, 11) is 2.75. The van der Waals surface area contributed by atoms with Crippen LogP contribution in [0.2, 0.25) is 5.02 Å². The topological polar surface area (TPSA) is 231 Å². The van der Waals surface area contributed by atoms with Gasteiger partial charge in [-0.25, -0.2) is 9.59 Å². The number of halogens is 1. The number of carboxylic acids is 1. The molecule has 0 aliphatic heterocycles. The van der Waals surface area contributed by atoms with Gasteiger partial charge in [0.2, 0.25) is 5.91 Å². The smallest absolute Gasteiger partial charge is 0.411 e. The van der Waals surface area contributed by atoms with Gasteiger partial charge in [-0.15, -0.1) is 0 Å². The Hall–Kier alpha value is -4.66. The van der Waals surface area contributed by atoms with Gasteiger partial charge in [0, 0.05) is 10.9 Å². The Bertz CT molecular complexity index is 1710. The molecule has 2 aromatic carbocycles. The van der Waals surface area contributed by atoms with E-state index in [0.29, 0.717) is 0 Å². The fourth-order valence-corrected chi connectivity index (χ4v) is 7.30. The van der Waals surface area contributed by atoms with Gasteiger partial charge >= 0.3 is 12.1 Å². The molecule has 6 N–H and O–H groups in total. The van der Waals surface area contributed by atoms with Crippen LogP contribution in [0.15, 0.2) is 36.4 Å². The molecule has 0 heterocycles. The molecule has 5 rings (SSSR count). The molecule has 0 spiro atoms. The Balaban J connectivity index is 1.71. The average molecular weight is 642 g/mol. The molecule has 2 fully saturated rings. The van der Waals surface area contributed by atoms with Gasteiger partial charge < -0.3 is 25.8 Å². The highest BCUT2D eigenvalue weighted by Gasteiger charge is 2.74. The van der Waals surface area contributed by atoms with E-state index in [1.807, 2.05) is 0 Å². The van der Waals surface area contributed by atoms with Gasteiger partial charge in [0.1, 0.15) is 11.9 Å². The number of carbonyl (C=O) groups excluding carboxylic acids is 6. The highest BCUT2D eigenvalue weighted by atomic mass is 35.5. The van der Waals surface area contributed by atoms with Crippen molar-refractivity contribution in [3.05, 3.63) is 58.1 Å². The molecule has 3 aliphatic rings. The second kappa shape index (κ2) is 11.1. The minimum Gasteiger partial charge on any atom is -0.507 e. The number of carboxylic acid groups (broad SMARTS) is 1. The molecule has 2 aromatic rings. The Labute approximate surface area is 260 Å². The van der Waals surface area contributed by atoms with Gasteiger partial charge in [-0.05, 0) is 49.8 Å². The number of aromatic carboxylic acids is 1. The normalized spacial score (nSPS) is 30.7. The van der Waals surface area contributed by atoms with E-state index in [1.165, 1.54) is 49.3 Å². The van der Waals surface area contributed by atoms with Gasteiger partial charge in [0.05, 0.1) is 34.7 Å². The molecule has 45 heavy (non-hydrogen) atoms. The summed E-state index contributed by atoms with van der Waals surface area (Å²) in [5, 5.41) is 34.6. The summed E-state index contributed by atoms with van der Waals surface area (Å²) >= 11 is 5.91. The van der Waals surface area contributed by atoms with Crippen LogP contribution in [0, 0.1) is 23.7 Å². The lowest BCUT2D eigenvalue weighted by Crippen LogP contribution is -2.78. The standard InChI is InChI=1S/C30H28ClN3O11/c1-10-12-5-4-6-15(35)17(12)22(36)18-16(10)24(45-29(43)33-14-8-7-11(31)9-13(14)28(41)42)20-21(34(2)3)23(37)19(27(32)40)26(39)30(20,44)25(18)38/h4-10,16,18-21,24,35,44H,1-3H3,(H2,32,40)(H,33,43)(H,41,42)/t10-,16+,18?,19?,20+,21-,24-,30-/m1/s1. The number of phenolic OH excluding ortho intramolecular Hbond substituents is 1. The van der Waals surface area contributed by atoms with E-state index >= 15 is 0 Å². The maximum atomic E-state index is 14.2. The maximum Gasteiger partial charge on any atom is 0.411 e. The molecule has 15 heteroatoms. The zero-order valence-corrected chi connectivity index (χ0v) is 24.8. The Kier molecular flexibility index (Phi) is 7.80. The Morgan fingerprint density at radius 2 is 1.73 bits per heavy atom. The number of carbonyl (C=O) groups is 7. The number of fused-ring (bicyclic) bond motifs is 3. The Morgan fingerprint density at radius 3 is 2.33 bits per heavy atom.